The second-order valence-electron chi connectivity index (χ2n) is 4.66. The SMILES string of the molecule is Cc1c(Cl)ccc2c1NC(c1cccc(Cl)c1)C2. The first kappa shape index (κ1) is 11.9. The fourth-order valence-electron chi connectivity index (χ4n) is 2.48. The Morgan fingerprint density at radius 1 is 1.17 bits per heavy atom. The van der Waals surface area contributed by atoms with Gasteiger partial charge in [0.1, 0.15) is 0 Å². The van der Waals surface area contributed by atoms with Gasteiger partial charge in [0.25, 0.3) is 0 Å². The molecule has 0 amide bonds. The fourth-order valence-corrected chi connectivity index (χ4v) is 2.84. The van der Waals surface area contributed by atoms with Crippen LogP contribution in [0.4, 0.5) is 5.69 Å². The van der Waals surface area contributed by atoms with Crippen molar-refractivity contribution in [2.45, 2.75) is 19.4 Å². The van der Waals surface area contributed by atoms with Crippen LogP contribution in [0, 0.1) is 6.92 Å². The third-order valence-electron chi connectivity index (χ3n) is 3.48. The van der Waals surface area contributed by atoms with Gasteiger partial charge in [-0.15, -0.1) is 0 Å². The van der Waals surface area contributed by atoms with E-state index in [1.54, 1.807) is 0 Å². The van der Waals surface area contributed by atoms with E-state index in [0.29, 0.717) is 0 Å². The maximum absolute atomic E-state index is 6.15. The molecule has 1 heterocycles. The van der Waals surface area contributed by atoms with Crippen molar-refractivity contribution >= 4 is 28.9 Å². The molecular formula is C15H13Cl2N. The summed E-state index contributed by atoms with van der Waals surface area (Å²) in [6, 6.07) is 12.4. The second-order valence-corrected chi connectivity index (χ2v) is 5.51. The van der Waals surface area contributed by atoms with Gasteiger partial charge >= 0.3 is 0 Å². The van der Waals surface area contributed by atoms with Crippen molar-refractivity contribution in [1.82, 2.24) is 0 Å². The highest BCUT2D eigenvalue weighted by atomic mass is 35.5. The zero-order valence-corrected chi connectivity index (χ0v) is 11.5. The molecule has 1 unspecified atom stereocenters. The molecule has 1 aliphatic rings. The van der Waals surface area contributed by atoms with Crippen LogP contribution in [0.25, 0.3) is 0 Å². The summed E-state index contributed by atoms with van der Waals surface area (Å²) in [4.78, 5) is 0. The van der Waals surface area contributed by atoms with Gasteiger partial charge in [-0.2, -0.15) is 0 Å². The van der Waals surface area contributed by atoms with Crippen LogP contribution in [0.15, 0.2) is 36.4 Å². The van der Waals surface area contributed by atoms with Crippen LogP contribution in [0.3, 0.4) is 0 Å². The Balaban J connectivity index is 1.96. The standard InChI is InChI=1S/C15H13Cl2N/c1-9-13(17)6-5-11-8-14(18-15(9)11)10-3-2-4-12(16)7-10/h2-7,14,18H,8H2,1H3. The molecule has 0 saturated heterocycles. The normalized spacial score (nSPS) is 17.4. The molecule has 0 bridgehead atoms. The lowest BCUT2D eigenvalue weighted by atomic mass is 10.0. The quantitative estimate of drug-likeness (QED) is 0.773. The monoisotopic (exact) mass is 277 g/mol. The molecular weight excluding hydrogens is 265 g/mol. The summed E-state index contributed by atoms with van der Waals surface area (Å²) in [6.07, 6.45) is 0.980. The second kappa shape index (κ2) is 4.49. The first-order chi connectivity index (χ1) is 8.65. The molecule has 0 fully saturated rings. The Labute approximate surface area is 117 Å². The Kier molecular flexibility index (Phi) is 2.96. The van der Waals surface area contributed by atoms with Crippen molar-refractivity contribution in [3.63, 3.8) is 0 Å². The number of halogens is 2. The molecule has 0 spiro atoms. The largest absolute Gasteiger partial charge is 0.377 e. The van der Waals surface area contributed by atoms with Crippen LogP contribution >= 0.6 is 23.2 Å². The van der Waals surface area contributed by atoms with Crippen molar-refractivity contribution < 1.29 is 0 Å². The van der Waals surface area contributed by atoms with Gasteiger partial charge in [-0.25, -0.2) is 0 Å². The molecule has 18 heavy (non-hydrogen) atoms. The predicted molar refractivity (Wildman–Crippen MR) is 77.7 cm³/mol. The summed E-state index contributed by atoms with van der Waals surface area (Å²) < 4.78 is 0. The van der Waals surface area contributed by atoms with E-state index in [4.69, 9.17) is 23.2 Å². The van der Waals surface area contributed by atoms with Crippen molar-refractivity contribution in [2.75, 3.05) is 5.32 Å². The average Bonchev–Trinajstić information content (AvgIpc) is 2.79. The smallest absolute Gasteiger partial charge is 0.0555 e. The molecule has 0 aromatic heterocycles. The maximum atomic E-state index is 6.15. The highest BCUT2D eigenvalue weighted by Crippen LogP contribution is 2.39. The Morgan fingerprint density at radius 2 is 2.00 bits per heavy atom. The van der Waals surface area contributed by atoms with Crippen LogP contribution in [0.2, 0.25) is 10.0 Å². The van der Waals surface area contributed by atoms with E-state index in [0.717, 1.165) is 22.0 Å². The van der Waals surface area contributed by atoms with E-state index in [2.05, 4.69) is 24.4 Å². The summed E-state index contributed by atoms with van der Waals surface area (Å²) in [6.45, 7) is 2.05. The highest BCUT2D eigenvalue weighted by Gasteiger charge is 2.24. The van der Waals surface area contributed by atoms with Gasteiger partial charge in [0, 0.05) is 15.7 Å². The summed E-state index contributed by atoms with van der Waals surface area (Å²) in [5, 5.41) is 5.13. The Morgan fingerprint density at radius 3 is 2.78 bits per heavy atom. The molecule has 3 rings (SSSR count). The first-order valence-electron chi connectivity index (χ1n) is 5.95. The first-order valence-corrected chi connectivity index (χ1v) is 6.71. The van der Waals surface area contributed by atoms with Crippen LogP contribution in [0.1, 0.15) is 22.7 Å². The number of fused-ring (bicyclic) bond motifs is 1. The van der Waals surface area contributed by atoms with Crippen molar-refractivity contribution in [3.8, 4) is 0 Å². The summed E-state index contributed by atoms with van der Waals surface area (Å²) in [5.74, 6) is 0. The molecule has 2 aromatic carbocycles. The van der Waals surface area contributed by atoms with Crippen LogP contribution < -0.4 is 5.32 Å². The minimum atomic E-state index is 0.288. The minimum absolute atomic E-state index is 0.288. The van der Waals surface area contributed by atoms with Crippen LogP contribution in [-0.2, 0) is 6.42 Å². The molecule has 0 radical (unpaired) electrons. The zero-order chi connectivity index (χ0) is 12.7. The number of anilines is 1. The van der Waals surface area contributed by atoms with Crippen molar-refractivity contribution in [3.05, 3.63) is 63.1 Å². The fraction of sp³-hybridized carbons (Fsp3) is 0.200. The lowest BCUT2D eigenvalue weighted by Gasteiger charge is -2.13. The van der Waals surface area contributed by atoms with Gasteiger partial charge in [-0.05, 0) is 48.2 Å². The minimum Gasteiger partial charge on any atom is -0.377 e. The van der Waals surface area contributed by atoms with Gasteiger partial charge in [0.05, 0.1) is 6.04 Å². The third-order valence-corrected chi connectivity index (χ3v) is 4.12. The molecule has 1 aliphatic heterocycles. The predicted octanol–water partition coefficient (Wildman–Crippen LogP) is 5.01. The van der Waals surface area contributed by atoms with Crippen molar-refractivity contribution in [2.24, 2.45) is 0 Å². The Bertz CT molecular complexity index is 607. The molecule has 1 nitrogen and oxygen atoms in total. The van der Waals surface area contributed by atoms with E-state index < -0.39 is 0 Å². The number of benzene rings is 2. The molecule has 0 saturated carbocycles. The third kappa shape index (κ3) is 1.98. The van der Waals surface area contributed by atoms with Crippen LogP contribution in [-0.4, -0.2) is 0 Å². The molecule has 1 atom stereocenters. The van der Waals surface area contributed by atoms with Gasteiger partial charge in [0.2, 0.25) is 0 Å². The van der Waals surface area contributed by atoms with E-state index in [-0.39, 0.29) is 6.04 Å². The van der Waals surface area contributed by atoms with Gasteiger partial charge in [-0.1, -0.05) is 41.4 Å². The topological polar surface area (TPSA) is 12.0 Å². The van der Waals surface area contributed by atoms with Crippen LogP contribution in [0.5, 0.6) is 0 Å². The lowest BCUT2D eigenvalue weighted by Crippen LogP contribution is -2.05. The van der Waals surface area contributed by atoms with E-state index in [9.17, 15) is 0 Å². The van der Waals surface area contributed by atoms with E-state index >= 15 is 0 Å². The number of hydrogen-bond donors (Lipinski definition) is 1. The van der Waals surface area contributed by atoms with E-state index in [1.165, 1.54) is 16.8 Å². The Hall–Kier alpha value is -1.18. The number of hydrogen-bond acceptors (Lipinski definition) is 1. The zero-order valence-electron chi connectivity index (χ0n) is 10.0. The maximum Gasteiger partial charge on any atom is 0.0555 e. The highest BCUT2D eigenvalue weighted by molar-refractivity contribution is 6.31. The molecule has 92 valence electrons. The molecule has 1 N–H and O–H groups in total. The molecule has 3 heteroatoms. The summed E-state index contributed by atoms with van der Waals surface area (Å²) in [5.41, 5.74) is 4.84. The summed E-state index contributed by atoms with van der Waals surface area (Å²) >= 11 is 12.2. The average molecular weight is 278 g/mol. The van der Waals surface area contributed by atoms with Gasteiger partial charge in [-0.3, -0.25) is 0 Å². The van der Waals surface area contributed by atoms with Crippen molar-refractivity contribution in [1.29, 1.82) is 0 Å². The molecule has 0 aliphatic carbocycles. The van der Waals surface area contributed by atoms with Gasteiger partial charge in [0.15, 0.2) is 0 Å². The number of rotatable bonds is 1. The number of nitrogens with one attached hydrogen (secondary N) is 1. The lowest BCUT2D eigenvalue weighted by molar-refractivity contribution is 0.824. The van der Waals surface area contributed by atoms with Gasteiger partial charge < -0.3 is 5.32 Å². The summed E-state index contributed by atoms with van der Waals surface area (Å²) in [7, 11) is 0. The van der Waals surface area contributed by atoms with E-state index in [1.807, 2.05) is 24.3 Å². The molecule has 2 aromatic rings.